The molecule has 3 rings (SSSR count). The molecule has 28 heavy (non-hydrogen) atoms. The van der Waals surface area contributed by atoms with Gasteiger partial charge in [-0.25, -0.2) is 4.39 Å². The minimum absolute atomic E-state index is 0.124. The van der Waals surface area contributed by atoms with Crippen molar-refractivity contribution in [1.29, 1.82) is 0 Å². The van der Waals surface area contributed by atoms with Crippen molar-refractivity contribution in [2.24, 2.45) is 0 Å². The van der Waals surface area contributed by atoms with Crippen molar-refractivity contribution in [2.75, 3.05) is 11.1 Å². The van der Waals surface area contributed by atoms with E-state index in [1.807, 2.05) is 18.2 Å². The number of hydrogen-bond donors (Lipinski definition) is 2. The first-order chi connectivity index (χ1) is 13.6. The molecular formula is C21H18FN3O2S. The van der Waals surface area contributed by atoms with Gasteiger partial charge in [-0.2, -0.15) is 0 Å². The first-order valence-electron chi connectivity index (χ1n) is 8.55. The summed E-state index contributed by atoms with van der Waals surface area (Å²) in [6.45, 7) is 0.349. The van der Waals surface area contributed by atoms with E-state index in [1.165, 1.54) is 23.9 Å². The van der Waals surface area contributed by atoms with Gasteiger partial charge in [0.15, 0.2) is 0 Å². The second-order valence-electron chi connectivity index (χ2n) is 5.91. The lowest BCUT2D eigenvalue weighted by Gasteiger charge is -2.09. The van der Waals surface area contributed by atoms with Crippen molar-refractivity contribution in [1.82, 2.24) is 10.3 Å². The van der Waals surface area contributed by atoms with Gasteiger partial charge in [0.25, 0.3) is 5.91 Å². The van der Waals surface area contributed by atoms with Crippen LogP contribution in [0, 0.1) is 5.82 Å². The van der Waals surface area contributed by atoms with Crippen LogP contribution in [0.2, 0.25) is 0 Å². The molecular weight excluding hydrogens is 377 g/mol. The van der Waals surface area contributed by atoms with E-state index in [2.05, 4.69) is 15.6 Å². The summed E-state index contributed by atoms with van der Waals surface area (Å²) in [5.74, 6) is -0.408. The molecule has 2 amide bonds. The molecule has 1 aromatic heterocycles. The minimum atomic E-state index is -0.301. The summed E-state index contributed by atoms with van der Waals surface area (Å²) in [6, 6.07) is 16.6. The van der Waals surface area contributed by atoms with Gasteiger partial charge in [0.1, 0.15) is 5.82 Å². The van der Waals surface area contributed by atoms with E-state index in [0.717, 1.165) is 10.5 Å². The number of rotatable bonds is 7. The van der Waals surface area contributed by atoms with Crippen LogP contribution in [0.5, 0.6) is 0 Å². The van der Waals surface area contributed by atoms with Gasteiger partial charge in [-0.05, 0) is 54.1 Å². The van der Waals surface area contributed by atoms with Crippen LogP contribution in [0.1, 0.15) is 15.9 Å². The fourth-order valence-electron chi connectivity index (χ4n) is 2.40. The van der Waals surface area contributed by atoms with Crippen LogP contribution in [-0.4, -0.2) is 22.6 Å². The zero-order chi connectivity index (χ0) is 19.8. The lowest BCUT2D eigenvalue weighted by molar-refractivity contribution is -0.118. The number of nitrogens with zero attached hydrogens (tertiary/aromatic N) is 1. The van der Waals surface area contributed by atoms with Gasteiger partial charge < -0.3 is 10.6 Å². The quantitative estimate of drug-likeness (QED) is 0.596. The molecule has 0 saturated carbocycles. The number of pyridine rings is 1. The van der Waals surface area contributed by atoms with Crippen LogP contribution in [0.25, 0.3) is 0 Å². The average Bonchev–Trinajstić information content (AvgIpc) is 2.73. The summed E-state index contributed by atoms with van der Waals surface area (Å²) in [4.78, 5) is 28.9. The maximum atomic E-state index is 12.9. The molecule has 0 fully saturated rings. The first kappa shape index (κ1) is 19.6. The van der Waals surface area contributed by atoms with Gasteiger partial charge >= 0.3 is 0 Å². The van der Waals surface area contributed by atoms with Crippen molar-refractivity contribution in [2.45, 2.75) is 11.4 Å². The molecule has 0 spiro atoms. The molecule has 0 radical (unpaired) electrons. The number of nitrogens with one attached hydrogen (secondary N) is 2. The monoisotopic (exact) mass is 395 g/mol. The molecule has 7 heteroatoms. The fraction of sp³-hybridized carbons (Fsp3) is 0.0952. The molecule has 0 aliphatic carbocycles. The van der Waals surface area contributed by atoms with Crippen molar-refractivity contribution in [3.8, 4) is 0 Å². The third-order valence-electron chi connectivity index (χ3n) is 3.80. The summed E-state index contributed by atoms with van der Waals surface area (Å²) < 4.78 is 12.9. The van der Waals surface area contributed by atoms with E-state index >= 15 is 0 Å². The zero-order valence-corrected chi connectivity index (χ0v) is 15.7. The first-order valence-corrected chi connectivity index (χ1v) is 9.54. The van der Waals surface area contributed by atoms with E-state index in [1.54, 1.807) is 42.7 Å². The number of thioether (sulfide) groups is 1. The van der Waals surface area contributed by atoms with Crippen LogP contribution in [0.4, 0.5) is 10.1 Å². The molecule has 0 atom stereocenters. The summed E-state index contributed by atoms with van der Waals surface area (Å²) in [6.07, 6.45) is 3.12. The predicted octanol–water partition coefficient (Wildman–Crippen LogP) is 3.88. The molecule has 0 saturated heterocycles. The van der Waals surface area contributed by atoms with Crippen LogP contribution in [0.3, 0.4) is 0 Å². The number of hydrogen-bond acceptors (Lipinski definition) is 4. The number of anilines is 1. The summed E-state index contributed by atoms with van der Waals surface area (Å²) in [5.41, 5.74) is 2.04. The second-order valence-corrected chi connectivity index (χ2v) is 6.96. The van der Waals surface area contributed by atoms with Gasteiger partial charge in [0.05, 0.1) is 5.75 Å². The SMILES string of the molecule is O=C(CSc1ccc(F)cc1)NCc1cccc(NC(=O)c2ccncc2)c1. The number of amides is 2. The number of halogens is 1. The molecule has 0 unspecified atom stereocenters. The topological polar surface area (TPSA) is 71.1 Å². The molecule has 0 bridgehead atoms. The molecule has 2 aromatic carbocycles. The number of benzene rings is 2. The molecule has 0 aliphatic heterocycles. The maximum absolute atomic E-state index is 12.9. The summed E-state index contributed by atoms with van der Waals surface area (Å²) >= 11 is 1.34. The van der Waals surface area contributed by atoms with Crippen molar-refractivity contribution >= 4 is 29.3 Å². The Kier molecular flexibility index (Phi) is 6.75. The molecule has 0 aliphatic rings. The Bertz CT molecular complexity index is 949. The van der Waals surface area contributed by atoms with Crippen LogP contribution < -0.4 is 10.6 Å². The highest BCUT2D eigenvalue weighted by Gasteiger charge is 2.07. The van der Waals surface area contributed by atoms with Gasteiger partial charge in [0, 0.05) is 35.1 Å². The number of carbonyl (C=O) groups is 2. The Hall–Kier alpha value is -3.19. The van der Waals surface area contributed by atoms with E-state index in [4.69, 9.17) is 0 Å². The van der Waals surface area contributed by atoms with Gasteiger partial charge in [-0.1, -0.05) is 12.1 Å². The van der Waals surface area contributed by atoms with E-state index < -0.39 is 0 Å². The standard InChI is InChI=1S/C21H18FN3O2S/c22-17-4-6-19(7-5-17)28-14-20(26)24-13-15-2-1-3-18(12-15)25-21(27)16-8-10-23-11-9-16/h1-12H,13-14H2,(H,24,26)(H,25,27). The minimum Gasteiger partial charge on any atom is -0.351 e. The Morgan fingerprint density at radius 2 is 1.75 bits per heavy atom. The molecule has 142 valence electrons. The second kappa shape index (κ2) is 9.66. The highest BCUT2D eigenvalue weighted by atomic mass is 32.2. The number of aromatic nitrogens is 1. The predicted molar refractivity (Wildman–Crippen MR) is 108 cm³/mol. The van der Waals surface area contributed by atoms with Crippen molar-refractivity contribution < 1.29 is 14.0 Å². The fourth-order valence-corrected chi connectivity index (χ4v) is 3.13. The Morgan fingerprint density at radius 1 is 1.00 bits per heavy atom. The van der Waals surface area contributed by atoms with Gasteiger partial charge in [-0.15, -0.1) is 11.8 Å². The van der Waals surface area contributed by atoms with Crippen LogP contribution >= 0.6 is 11.8 Å². The van der Waals surface area contributed by atoms with Crippen molar-refractivity contribution in [3.05, 3.63) is 90.0 Å². The van der Waals surface area contributed by atoms with Crippen LogP contribution in [0.15, 0.2) is 78.0 Å². The normalized spacial score (nSPS) is 10.3. The summed E-state index contributed by atoms with van der Waals surface area (Å²) in [7, 11) is 0. The van der Waals surface area contributed by atoms with Gasteiger partial charge in [0.2, 0.25) is 5.91 Å². The van der Waals surface area contributed by atoms with Crippen molar-refractivity contribution in [3.63, 3.8) is 0 Å². The van der Waals surface area contributed by atoms with E-state index in [-0.39, 0.29) is 23.4 Å². The molecule has 3 aromatic rings. The smallest absolute Gasteiger partial charge is 0.255 e. The van der Waals surface area contributed by atoms with E-state index in [9.17, 15) is 14.0 Å². The zero-order valence-electron chi connectivity index (χ0n) is 14.9. The van der Waals surface area contributed by atoms with Crippen LogP contribution in [-0.2, 0) is 11.3 Å². The van der Waals surface area contributed by atoms with Gasteiger partial charge in [-0.3, -0.25) is 14.6 Å². The molecule has 1 heterocycles. The lowest BCUT2D eigenvalue weighted by atomic mass is 10.2. The maximum Gasteiger partial charge on any atom is 0.255 e. The molecule has 5 nitrogen and oxygen atoms in total. The Labute approximate surface area is 166 Å². The Morgan fingerprint density at radius 3 is 2.50 bits per heavy atom. The summed E-state index contributed by atoms with van der Waals surface area (Å²) in [5, 5.41) is 5.66. The Balaban J connectivity index is 1.49. The lowest BCUT2D eigenvalue weighted by Crippen LogP contribution is -2.24. The van der Waals surface area contributed by atoms with E-state index in [0.29, 0.717) is 17.8 Å². The average molecular weight is 395 g/mol. The third-order valence-corrected chi connectivity index (χ3v) is 4.81. The highest BCUT2D eigenvalue weighted by molar-refractivity contribution is 8.00. The molecule has 2 N–H and O–H groups in total. The highest BCUT2D eigenvalue weighted by Crippen LogP contribution is 2.18. The number of carbonyl (C=O) groups excluding carboxylic acids is 2. The third kappa shape index (κ3) is 5.92. The largest absolute Gasteiger partial charge is 0.351 e.